The van der Waals surface area contributed by atoms with Gasteiger partial charge in [0.05, 0.1) is 10.9 Å². The summed E-state index contributed by atoms with van der Waals surface area (Å²) in [6, 6.07) is 6.40. The zero-order chi connectivity index (χ0) is 20.2. The molecular weight excluding hydrogens is 497 g/mol. The van der Waals surface area contributed by atoms with Crippen LogP contribution in [0.2, 0.25) is 0 Å². The first kappa shape index (κ1) is 24.4. The molecule has 1 aromatic rings. The van der Waals surface area contributed by atoms with E-state index in [-0.39, 0.29) is 41.0 Å². The van der Waals surface area contributed by atoms with Crippen molar-refractivity contribution in [2.24, 2.45) is 10.1 Å². The lowest BCUT2D eigenvalue weighted by Crippen LogP contribution is -2.63. The zero-order valence-electron chi connectivity index (χ0n) is 16.4. The van der Waals surface area contributed by atoms with Gasteiger partial charge in [-0.3, -0.25) is 4.99 Å². The highest BCUT2D eigenvalue weighted by atomic mass is 127. The summed E-state index contributed by atoms with van der Waals surface area (Å²) in [6.07, 6.45) is -0.321. The number of carbonyl (C=O) groups excluding carboxylic acids is 1. The monoisotopic (exact) mass is 525 g/mol. The minimum absolute atomic E-state index is 0. The van der Waals surface area contributed by atoms with Gasteiger partial charge in [-0.1, -0.05) is 12.1 Å². The van der Waals surface area contributed by atoms with Crippen LogP contribution in [0.25, 0.3) is 0 Å². The summed E-state index contributed by atoms with van der Waals surface area (Å²) in [5.74, 6) is 0.597. The van der Waals surface area contributed by atoms with E-state index in [9.17, 15) is 13.2 Å². The SMILES string of the molecule is CN=C(NCc1ccc(S(N)(=O)=O)cc1)NC1CN(C(=O)OC(C)(C)C)C1.I. The normalized spacial score (nSPS) is 15.3. The van der Waals surface area contributed by atoms with E-state index in [0.29, 0.717) is 25.6 Å². The molecule has 1 saturated heterocycles. The maximum absolute atomic E-state index is 11.9. The van der Waals surface area contributed by atoms with Gasteiger partial charge in [-0.2, -0.15) is 0 Å². The van der Waals surface area contributed by atoms with E-state index in [0.717, 1.165) is 5.56 Å². The van der Waals surface area contributed by atoms with E-state index in [2.05, 4.69) is 15.6 Å². The van der Waals surface area contributed by atoms with Crippen LogP contribution in [0.3, 0.4) is 0 Å². The molecule has 0 aliphatic carbocycles. The summed E-state index contributed by atoms with van der Waals surface area (Å²) in [6.45, 7) is 7.05. The summed E-state index contributed by atoms with van der Waals surface area (Å²) in [5.41, 5.74) is 0.376. The third-order valence-corrected chi connectivity index (χ3v) is 4.74. The molecule has 0 spiro atoms. The Hall–Kier alpha value is -1.60. The number of primary sulfonamides is 1. The molecule has 2 rings (SSSR count). The quantitative estimate of drug-likeness (QED) is 0.309. The number of nitrogens with zero attached hydrogens (tertiary/aromatic N) is 2. The van der Waals surface area contributed by atoms with Crippen molar-refractivity contribution >= 4 is 46.1 Å². The number of halogens is 1. The van der Waals surface area contributed by atoms with E-state index in [1.807, 2.05) is 20.8 Å². The maximum atomic E-state index is 11.9. The number of likely N-dealkylation sites (tertiary alicyclic amines) is 1. The fourth-order valence-corrected chi connectivity index (χ4v) is 2.93. The molecule has 1 fully saturated rings. The molecule has 1 amide bonds. The van der Waals surface area contributed by atoms with Gasteiger partial charge in [0.2, 0.25) is 10.0 Å². The Morgan fingerprint density at radius 3 is 2.32 bits per heavy atom. The summed E-state index contributed by atoms with van der Waals surface area (Å²) in [5, 5.41) is 11.5. The summed E-state index contributed by atoms with van der Waals surface area (Å²) in [7, 11) is -2.03. The number of benzene rings is 1. The molecule has 28 heavy (non-hydrogen) atoms. The number of aliphatic imine (C=N–C) groups is 1. The number of amides is 1. The van der Waals surface area contributed by atoms with Gasteiger partial charge in [0.25, 0.3) is 0 Å². The Morgan fingerprint density at radius 1 is 1.29 bits per heavy atom. The Bertz CT molecular complexity index is 800. The fourth-order valence-electron chi connectivity index (χ4n) is 2.42. The Kier molecular flexibility index (Phi) is 8.50. The van der Waals surface area contributed by atoms with Gasteiger partial charge in [-0.25, -0.2) is 18.4 Å². The standard InChI is InChI=1S/C17H27N5O4S.HI/c1-17(2,3)26-16(23)22-10-13(11-22)21-15(19-4)20-9-12-5-7-14(8-6-12)27(18,24)25;/h5-8,13H,9-11H2,1-4H3,(H2,18,24,25)(H2,19,20,21);1H. The maximum Gasteiger partial charge on any atom is 0.410 e. The lowest BCUT2D eigenvalue weighted by atomic mass is 10.1. The first-order valence-corrected chi connectivity index (χ1v) is 10.1. The zero-order valence-corrected chi connectivity index (χ0v) is 19.6. The molecule has 11 heteroatoms. The topological polar surface area (TPSA) is 126 Å². The van der Waals surface area contributed by atoms with Crippen molar-refractivity contribution in [2.45, 2.75) is 43.9 Å². The van der Waals surface area contributed by atoms with Gasteiger partial charge < -0.3 is 20.3 Å². The second kappa shape index (κ2) is 9.74. The van der Waals surface area contributed by atoms with Crippen LogP contribution in [-0.2, 0) is 21.3 Å². The van der Waals surface area contributed by atoms with Crippen molar-refractivity contribution in [1.29, 1.82) is 0 Å². The van der Waals surface area contributed by atoms with Crippen molar-refractivity contribution in [3.8, 4) is 0 Å². The molecule has 4 N–H and O–H groups in total. The molecule has 1 aliphatic rings. The van der Waals surface area contributed by atoms with Gasteiger partial charge in [0.15, 0.2) is 5.96 Å². The van der Waals surface area contributed by atoms with Gasteiger partial charge >= 0.3 is 6.09 Å². The van der Waals surface area contributed by atoms with Crippen molar-refractivity contribution in [2.75, 3.05) is 20.1 Å². The van der Waals surface area contributed by atoms with E-state index in [1.165, 1.54) is 12.1 Å². The molecule has 1 aliphatic heterocycles. The molecular formula is C17H28IN5O4S. The first-order valence-electron chi connectivity index (χ1n) is 8.55. The van der Waals surface area contributed by atoms with Crippen LogP contribution in [-0.4, -0.2) is 57.2 Å². The third-order valence-electron chi connectivity index (χ3n) is 3.81. The number of rotatable bonds is 4. The first-order chi connectivity index (χ1) is 12.5. The second-order valence-corrected chi connectivity index (χ2v) is 8.90. The van der Waals surface area contributed by atoms with Crippen molar-refractivity contribution in [3.05, 3.63) is 29.8 Å². The fraction of sp³-hybridized carbons (Fsp3) is 0.529. The number of hydrogen-bond donors (Lipinski definition) is 3. The molecule has 0 unspecified atom stereocenters. The molecule has 0 radical (unpaired) electrons. The summed E-state index contributed by atoms with van der Waals surface area (Å²) < 4.78 is 27.9. The molecule has 0 bridgehead atoms. The van der Waals surface area contributed by atoms with Crippen molar-refractivity contribution in [3.63, 3.8) is 0 Å². The number of guanidine groups is 1. The van der Waals surface area contributed by atoms with Crippen LogP contribution in [0.15, 0.2) is 34.2 Å². The number of sulfonamides is 1. The molecule has 0 atom stereocenters. The van der Waals surface area contributed by atoms with Gasteiger partial charge in [0.1, 0.15) is 5.60 Å². The van der Waals surface area contributed by atoms with Gasteiger partial charge in [0, 0.05) is 26.7 Å². The van der Waals surface area contributed by atoms with Crippen LogP contribution in [0.1, 0.15) is 26.3 Å². The van der Waals surface area contributed by atoms with Crippen molar-refractivity contribution < 1.29 is 17.9 Å². The van der Waals surface area contributed by atoms with Crippen LogP contribution in [0.4, 0.5) is 4.79 Å². The summed E-state index contributed by atoms with van der Waals surface area (Å²) in [4.78, 5) is 17.8. The van der Waals surface area contributed by atoms with Gasteiger partial charge in [-0.05, 0) is 38.5 Å². The minimum atomic E-state index is -3.69. The Labute approximate surface area is 183 Å². The molecule has 1 heterocycles. The average Bonchev–Trinajstić information content (AvgIpc) is 2.51. The average molecular weight is 525 g/mol. The Morgan fingerprint density at radius 2 is 1.86 bits per heavy atom. The smallest absolute Gasteiger partial charge is 0.410 e. The van der Waals surface area contributed by atoms with E-state index < -0.39 is 15.6 Å². The largest absolute Gasteiger partial charge is 0.444 e. The third kappa shape index (κ3) is 7.43. The second-order valence-electron chi connectivity index (χ2n) is 7.34. The molecule has 0 saturated carbocycles. The van der Waals surface area contributed by atoms with Crippen LogP contribution >= 0.6 is 24.0 Å². The molecule has 9 nitrogen and oxygen atoms in total. The number of nitrogens with two attached hydrogens (primary N) is 1. The highest BCUT2D eigenvalue weighted by Crippen LogP contribution is 2.15. The molecule has 158 valence electrons. The van der Waals surface area contributed by atoms with E-state index in [4.69, 9.17) is 9.88 Å². The summed E-state index contributed by atoms with van der Waals surface area (Å²) >= 11 is 0. The number of carbonyl (C=O) groups is 1. The van der Waals surface area contributed by atoms with Gasteiger partial charge in [-0.15, -0.1) is 24.0 Å². The predicted octanol–water partition coefficient (Wildman–Crippen LogP) is 1.24. The van der Waals surface area contributed by atoms with Crippen LogP contribution in [0.5, 0.6) is 0 Å². The molecule has 1 aromatic carbocycles. The lowest BCUT2D eigenvalue weighted by Gasteiger charge is -2.40. The predicted molar refractivity (Wildman–Crippen MR) is 118 cm³/mol. The van der Waals surface area contributed by atoms with Crippen LogP contribution < -0.4 is 15.8 Å². The van der Waals surface area contributed by atoms with E-state index >= 15 is 0 Å². The van der Waals surface area contributed by atoms with Crippen molar-refractivity contribution in [1.82, 2.24) is 15.5 Å². The van der Waals surface area contributed by atoms with Crippen LogP contribution in [0, 0.1) is 0 Å². The lowest BCUT2D eigenvalue weighted by molar-refractivity contribution is 0.00701. The highest BCUT2D eigenvalue weighted by molar-refractivity contribution is 14.0. The molecule has 0 aromatic heterocycles. The van der Waals surface area contributed by atoms with E-state index in [1.54, 1.807) is 24.1 Å². The minimum Gasteiger partial charge on any atom is -0.444 e. The number of ether oxygens (including phenoxy) is 1. The Balaban J connectivity index is 0.00000392. The number of hydrogen-bond acceptors (Lipinski definition) is 5. The number of nitrogens with one attached hydrogen (secondary N) is 2. The highest BCUT2D eigenvalue weighted by Gasteiger charge is 2.34.